The van der Waals surface area contributed by atoms with Crippen LogP contribution in [0.5, 0.6) is 5.75 Å². The minimum Gasteiger partial charge on any atom is -0.484 e. The molecule has 0 radical (unpaired) electrons. The lowest BCUT2D eigenvalue weighted by Gasteiger charge is -2.34. The number of benzene rings is 2. The highest BCUT2D eigenvalue weighted by Crippen LogP contribution is 2.17. The van der Waals surface area contributed by atoms with Gasteiger partial charge in [-0.3, -0.25) is 4.79 Å². The molecule has 2 aromatic carbocycles. The van der Waals surface area contributed by atoms with Crippen molar-refractivity contribution < 1.29 is 9.53 Å². The first-order chi connectivity index (χ1) is 12.6. The van der Waals surface area contributed by atoms with Crippen LogP contribution in [0.1, 0.15) is 11.1 Å². The number of nitrogens with one attached hydrogen (secondary N) is 1. The molecule has 1 N–H and O–H groups in total. The van der Waals surface area contributed by atoms with E-state index in [1.54, 1.807) is 0 Å². The normalized spacial score (nSPS) is 14.9. The van der Waals surface area contributed by atoms with Gasteiger partial charge in [-0.1, -0.05) is 24.3 Å². The predicted octanol–water partition coefficient (Wildman–Crippen LogP) is 2.44. The molecule has 1 fully saturated rings. The quantitative estimate of drug-likeness (QED) is 0.866. The molecule has 0 aliphatic carbocycles. The average Bonchev–Trinajstić information content (AvgIpc) is 2.66. The number of likely N-dealkylation sites (N-methyl/N-ethyl adjacent to an activating group) is 1. The third-order valence-electron chi connectivity index (χ3n) is 4.65. The average molecular weight is 353 g/mol. The second kappa shape index (κ2) is 8.72. The largest absolute Gasteiger partial charge is 0.484 e. The first-order valence-electron chi connectivity index (χ1n) is 9.09. The van der Waals surface area contributed by atoms with Gasteiger partial charge in [-0.25, -0.2) is 0 Å². The van der Waals surface area contributed by atoms with Gasteiger partial charge in [0.25, 0.3) is 5.91 Å². The van der Waals surface area contributed by atoms with E-state index in [0.717, 1.165) is 43.1 Å². The van der Waals surface area contributed by atoms with Gasteiger partial charge in [0, 0.05) is 38.4 Å². The zero-order valence-electron chi connectivity index (χ0n) is 15.6. The van der Waals surface area contributed by atoms with Crippen LogP contribution in [0.25, 0.3) is 0 Å². The molecule has 138 valence electrons. The summed E-state index contributed by atoms with van der Waals surface area (Å²) in [5, 5.41) is 2.90. The highest BCUT2D eigenvalue weighted by Gasteiger charge is 2.14. The molecule has 26 heavy (non-hydrogen) atoms. The molecule has 0 aromatic heterocycles. The van der Waals surface area contributed by atoms with Crippen molar-refractivity contribution in [3.8, 4) is 5.75 Å². The van der Waals surface area contributed by atoms with E-state index >= 15 is 0 Å². The van der Waals surface area contributed by atoms with E-state index in [0.29, 0.717) is 6.54 Å². The van der Waals surface area contributed by atoms with Gasteiger partial charge in [-0.15, -0.1) is 0 Å². The number of carbonyl (C=O) groups is 1. The highest BCUT2D eigenvalue weighted by atomic mass is 16.5. The summed E-state index contributed by atoms with van der Waals surface area (Å²) in [6.45, 7) is 6.85. The molecular weight excluding hydrogens is 326 g/mol. The van der Waals surface area contributed by atoms with E-state index in [-0.39, 0.29) is 12.5 Å². The number of aryl methyl sites for hydroxylation is 1. The van der Waals surface area contributed by atoms with Crippen molar-refractivity contribution in [2.24, 2.45) is 0 Å². The van der Waals surface area contributed by atoms with Gasteiger partial charge in [0.15, 0.2) is 6.61 Å². The van der Waals surface area contributed by atoms with Crippen molar-refractivity contribution in [1.29, 1.82) is 0 Å². The molecule has 1 amide bonds. The van der Waals surface area contributed by atoms with Crippen LogP contribution in [0.15, 0.2) is 48.5 Å². The number of amides is 1. The van der Waals surface area contributed by atoms with Gasteiger partial charge < -0.3 is 19.9 Å². The van der Waals surface area contributed by atoms with Crippen molar-refractivity contribution in [3.05, 3.63) is 59.7 Å². The second-order valence-electron chi connectivity index (χ2n) is 6.84. The van der Waals surface area contributed by atoms with Gasteiger partial charge in [0.05, 0.1) is 0 Å². The standard InChI is InChI=1S/C21H27N3O2/c1-17-4-3-5-20(14-17)26-16-21(25)22-15-18-6-8-19(9-7-18)24-12-10-23(2)11-13-24/h3-9,14H,10-13,15-16H2,1-2H3,(H,22,25). The highest BCUT2D eigenvalue weighted by molar-refractivity contribution is 5.77. The van der Waals surface area contributed by atoms with Crippen molar-refractivity contribution >= 4 is 11.6 Å². The van der Waals surface area contributed by atoms with Gasteiger partial charge in [0.1, 0.15) is 5.75 Å². The number of ether oxygens (including phenoxy) is 1. The fourth-order valence-corrected chi connectivity index (χ4v) is 2.99. The fraction of sp³-hybridized carbons (Fsp3) is 0.381. The maximum Gasteiger partial charge on any atom is 0.258 e. The monoisotopic (exact) mass is 353 g/mol. The smallest absolute Gasteiger partial charge is 0.258 e. The van der Waals surface area contributed by atoms with Gasteiger partial charge in [0.2, 0.25) is 0 Å². The lowest BCUT2D eigenvalue weighted by atomic mass is 10.2. The van der Waals surface area contributed by atoms with Gasteiger partial charge in [-0.05, 0) is 49.4 Å². The Kier molecular flexibility index (Phi) is 6.12. The maximum atomic E-state index is 12.0. The van der Waals surface area contributed by atoms with Crippen molar-refractivity contribution in [2.45, 2.75) is 13.5 Å². The SMILES string of the molecule is Cc1cccc(OCC(=O)NCc2ccc(N3CCN(C)CC3)cc2)c1. The predicted molar refractivity (Wildman–Crippen MR) is 105 cm³/mol. The molecule has 5 heteroatoms. The second-order valence-corrected chi connectivity index (χ2v) is 6.84. The Balaban J connectivity index is 1.43. The van der Waals surface area contributed by atoms with Crippen molar-refractivity contribution in [2.75, 3.05) is 44.7 Å². The summed E-state index contributed by atoms with van der Waals surface area (Å²) in [5.41, 5.74) is 3.45. The summed E-state index contributed by atoms with van der Waals surface area (Å²) in [6.07, 6.45) is 0. The molecule has 5 nitrogen and oxygen atoms in total. The lowest BCUT2D eigenvalue weighted by molar-refractivity contribution is -0.123. The van der Waals surface area contributed by atoms with Crippen LogP contribution in [-0.2, 0) is 11.3 Å². The van der Waals surface area contributed by atoms with Crippen LogP contribution in [0.3, 0.4) is 0 Å². The van der Waals surface area contributed by atoms with E-state index < -0.39 is 0 Å². The molecule has 0 spiro atoms. The minimum atomic E-state index is -0.116. The Labute approximate surface area is 155 Å². The van der Waals surface area contributed by atoms with Crippen LogP contribution in [0, 0.1) is 6.92 Å². The van der Waals surface area contributed by atoms with Crippen molar-refractivity contribution in [3.63, 3.8) is 0 Å². The molecule has 1 heterocycles. The first kappa shape index (κ1) is 18.3. The van der Waals surface area contributed by atoms with Crippen LogP contribution in [-0.4, -0.2) is 50.6 Å². The fourth-order valence-electron chi connectivity index (χ4n) is 2.99. The molecule has 0 atom stereocenters. The summed E-state index contributed by atoms with van der Waals surface area (Å²) >= 11 is 0. The Morgan fingerprint density at radius 1 is 1.08 bits per heavy atom. The summed E-state index contributed by atoms with van der Waals surface area (Å²) in [7, 11) is 2.16. The lowest BCUT2D eigenvalue weighted by Crippen LogP contribution is -2.44. The molecule has 1 aliphatic heterocycles. The summed E-state index contributed by atoms with van der Waals surface area (Å²) in [5.74, 6) is 0.603. The molecule has 1 saturated heterocycles. The number of hydrogen-bond acceptors (Lipinski definition) is 4. The van der Waals surface area contributed by atoms with E-state index in [1.807, 2.05) is 31.2 Å². The van der Waals surface area contributed by atoms with Crippen LogP contribution < -0.4 is 15.0 Å². The minimum absolute atomic E-state index is 0.0306. The number of rotatable bonds is 6. The number of anilines is 1. The molecule has 2 aromatic rings. The number of carbonyl (C=O) groups excluding carboxylic acids is 1. The topological polar surface area (TPSA) is 44.8 Å². The maximum absolute atomic E-state index is 12.0. The van der Waals surface area contributed by atoms with E-state index in [4.69, 9.17) is 4.74 Å². The molecule has 0 unspecified atom stereocenters. The zero-order valence-corrected chi connectivity index (χ0v) is 15.6. The van der Waals surface area contributed by atoms with Gasteiger partial charge in [-0.2, -0.15) is 0 Å². The van der Waals surface area contributed by atoms with Crippen LogP contribution >= 0.6 is 0 Å². The summed E-state index contributed by atoms with van der Waals surface area (Å²) < 4.78 is 5.52. The number of hydrogen-bond donors (Lipinski definition) is 1. The summed E-state index contributed by atoms with van der Waals surface area (Å²) in [6, 6.07) is 16.1. The number of piperazine rings is 1. The first-order valence-corrected chi connectivity index (χ1v) is 9.09. The van der Waals surface area contributed by atoms with Gasteiger partial charge >= 0.3 is 0 Å². The van der Waals surface area contributed by atoms with E-state index in [1.165, 1.54) is 5.69 Å². The van der Waals surface area contributed by atoms with E-state index in [9.17, 15) is 4.79 Å². The molecule has 0 saturated carbocycles. The Morgan fingerprint density at radius 3 is 2.50 bits per heavy atom. The Morgan fingerprint density at radius 2 is 1.81 bits per heavy atom. The Hall–Kier alpha value is -2.53. The van der Waals surface area contributed by atoms with E-state index in [2.05, 4.69) is 46.4 Å². The van der Waals surface area contributed by atoms with Crippen molar-refractivity contribution in [1.82, 2.24) is 10.2 Å². The Bertz CT molecular complexity index is 722. The summed E-state index contributed by atoms with van der Waals surface area (Å²) in [4.78, 5) is 16.7. The third kappa shape index (κ3) is 5.23. The number of nitrogens with zero attached hydrogens (tertiary/aromatic N) is 2. The molecule has 3 rings (SSSR count). The third-order valence-corrected chi connectivity index (χ3v) is 4.65. The molecular formula is C21H27N3O2. The van der Waals surface area contributed by atoms with Crippen LogP contribution in [0.4, 0.5) is 5.69 Å². The molecule has 0 bridgehead atoms. The van der Waals surface area contributed by atoms with Crippen LogP contribution in [0.2, 0.25) is 0 Å². The zero-order chi connectivity index (χ0) is 18.4. The molecule has 1 aliphatic rings.